The van der Waals surface area contributed by atoms with E-state index in [1.807, 2.05) is 6.07 Å². The second-order valence-electron chi connectivity index (χ2n) is 4.88. The van der Waals surface area contributed by atoms with Crippen LogP contribution in [0.5, 0.6) is 5.75 Å². The Morgan fingerprint density at radius 2 is 1.80 bits per heavy atom. The molecule has 0 amide bonds. The number of carboxylic acid groups (broad SMARTS) is 1. The largest absolute Gasteiger partial charge is 0.496 e. The van der Waals surface area contributed by atoms with Crippen LogP contribution in [0.2, 0.25) is 0 Å². The third kappa shape index (κ3) is 2.82. The Morgan fingerprint density at radius 1 is 1.15 bits per heavy atom. The van der Waals surface area contributed by atoms with E-state index in [2.05, 4.69) is 26.0 Å². The van der Waals surface area contributed by atoms with Crippen molar-refractivity contribution in [3.05, 3.63) is 64.2 Å². The number of rotatable bonds is 4. The second-order valence-corrected chi connectivity index (χ2v) is 4.88. The molecular weight excluding hydrogens is 252 g/mol. The van der Waals surface area contributed by atoms with Crippen molar-refractivity contribution in [3.8, 4) is 5.75 Å². The van der Waals surface area contributed by atoms with Gasteiger partial charge in [0.15, 0.2) is 0 Å². The van der Waals surface area contributed by atoms with E-state index < -0.39 is 5.97 Å². The van der Waals surface area contributed by atoms with E-state index in [1.165, 1.54) is 16.7 Å². The van der Waals surface area contributed by atoms with Gasteiger partial charge in [0.1, 0.15) is 5.75 Å². The normalized spacial score (nSPS) is 10.3. The molecule has 0 fully saturated rings. The maximum Gasteiger partial charge on any atom is 0.335 e. The molecule has 104 valence electrons. The van der Waals surface area contributed by atoms with Gasteiger partial charge in [-0.1, -0.05) is 18.2 Å². The Bertz CT molecular complexity index is 624. The molecule has 0 spiro atoms. The van der Waals surface area contributed by atoms with Crippen molar-refractivity contribution in [2.45, 2.75) is 20.3 Å². The molecule has 0 aliphatic carbocycles. The Kier molecular flexibility index (Phi) is 4.08. The monoisotopic (exact) mass is 270 g/mol. The number of benzene rings is 2. The minimum Gasteiger partial charge on any atom is -0.496 e. The van der Waals surface area contributed by atoms with Gasteiger partial charge in [-0.15, -0.1) is 0 Å². The van der Waals surface area contributed by atoms with Gasteiger partial charge in [0.05, 0.1) is 12.7 Å². The quantitative estimate of drug-likeness (QED) is 0.923. The summed E-state index contributed by atoms with van der Waals surface area (Å²) in [6.07, 6.45) is 0.669. The minimum atomic E-state index is -0.921. The molecule has 3 nitrogen and oxygen atoms in total. The van der Waals surface area contributed by atoms with E-state index in [9.17, 15) is 4.79 Å². The van der Waals surface area contributed by atoms with Gasteiger partial charge in [0.25, 0.3) is 0 Å². The summed E-state index contributed by atoms with van der Waals surface area (Å²) >= 11 is 0. The number of hydrogen-bond acceptors (Lipinski definition) is 2. The number of aryl methyl sites for hydroxylation is 2. The van der Waals surface area contributed by atoms with E-state index in [1.54, 1.807) is 25.3 Å². The fourth-order valence-corrected chi connectivity index (χ4v) is 2.37. The van der Waals surface area contributed by atoms with Gasteiger partial charge < -0.3 is 9.84 Å². The fraction of sp³-hybridized carbons (Fsp3) is 0.235. The number of hydrogen-bond donors (Lipinski definition) is 1. The highest BCUT2D eigenvalue weighted by Crippen LogP contribution is 2.26. The lowest BCUT2D eigenvalue weighted by Gasteiger charge is -2.13. The number of ether oxygens (including phenoxy) is 1. The highest BCUT2D eigenvalue weighted by Gasteiger charge is 2.11. The number of carbonyl (C=O) groups is 1. The van der Waals surface area contributed by atoms with E-state index in [0.29, 0.717) is 6.42 Å². The van der Waals surface area contributed by atoms with E-state index in [0.717, 1.165) is 11.3 Å². The van der Waals surface area contributed by atoms with Crippen LogP contribution in [0.3, 0.4) is 0 Å². The van der Waals surface area contributed by atoms with Crippen LogP contribution >= 0.6 is 0 Å². The summed E-state index contributed by atoms with van der Waals surface area (Å²) in [4.78, 5) is 11.1. The predicted octanol–water partition coefficient (Wildman–Crippen LogP) is 3.60. The average molecular weight is 270 g/mol. The fourth-order valence-electron chi connectivity index (χ4n) is 2.37. The summed E-state index contributed by atoms with van der Waals surface area (Å²) in [5, 5.41) is 9.11. The SMILES string of the molecule is COc1ccc(C(=O)O)cc1Cc1c(C)cccc1C. The number of methoxy groups -OCH3 is 1. The molecule has 2 aromatic carbocycles. The lowest BCUT2D eigenvalue weighted by Crippen LogP contribution is -2.02. The third-order valence-corrected chi connectivity index (χ3v) is 3.54. The topological polar surface area (TPSA) is 46.5 Å². The van der Waals surface area contributed by atoms with Crippen LogP contribution in [0.25, 0.3) is 0 Å². The van der Waals surface area contributed by atoms with Gasteiger partial charge in [-0.2, -0.15) is 0 Å². The molecule has 0 heterocycles. The van der Waals surface area contributed by atoms with Gasteiger partial charge in [-0.25, -0.2) is 4.79 Å². The van der Waals surface area contributed by atoms with Crippen LogP contribution in [0, 0.1) is 13.8 Å². The molecule has 2 aromatic rings. The summed E-state index contributed by atoms with van der Waals surface area (Å²) in [6, 6.07) is 11.1. The first-order chi connectivity index (χ1) is 9.52. The van der Waals surface area contributed by atoms with Crippen LogP contribution in [0.4, 0.5) is 0 Å². The zero-order valence-corrected chi connectivity index (χ0v) is 11.9. The molecule has 0 aromatic heterocycles. The first-order valence-corrected chi connectivity index (χ1v) is 6.48. The maximum absolute atomic E-state index is 11.1. The standard InChI is InChI=1S/C17H18O3/c1-11-5-4-6-12(2)15(11)10-14-9-13(17(18)19)7-8-16(14)20-3/h4-9H,10H2,1-3H3,(H,18,19). The summed E-state index contributed by atoms with van der Waals surface area (Å²) < 4.78 is 5.34. The van der Waals surface area contributed by atoms with Gasteiger partial charge in [0.2, 0.25) is 0 Å². The van der Waals surface area contributed by atoms with Crippen molar-refractivity contribution in [1.29, 1.82) is 0 Å². The van der Waals surface area contributed by atoms with Gasteiger partial charge in [0, 0.05) is 6.42 Å². The number of aromatic carboxylic acids is 1. The van der Waals surface area contributed by atoms with E-state index >= 15 is 0 Å². The molecule has 0 radical (unpaired) electrons. The van der Waals surface area contributed by atoms with E-state index in [4.69, 9.17) is 9.84 Å². The van der Waals surface area contributed by atoms with Crippen molar-refractivity contribution < 1.29 is 14.6 Å². The van der Waals surface area contributed by atoms with E-state index in [-0.39, 0.29) is 5.56 Å². The first-order valence-electron chi connectivity index (χ1n) is 6.48. The molecule has 0 bridgehead atoms. The second kappa shape index (κ2) is 5.78. The minimum absolute atomic E-state index is 0.284. The van der Waals surface area contributed by atoms with Gasteiger partial charge >= 0.3 is 5.97 Å². The summed E-state index contributed by atoms with van der Waals surface area (Å²) in [5.74, 6) is -0.201. The molecule has 0 saturated carbocycles. The lowest BCUT2D eigenvalue weighted by molar-refractivity contribution is 0.0696. The Hall–Kier alpha value is -2.29. The third-order valence-electron chi connectivity index (χ3n) is 3.54. The zero-order valence-electron chi connectivity index (χ0n) is 11.9. The number of carboxylic acids is 1. The maximum atomic E-state index is 11.1. The van der Waals surface area contributed by atoms with Crippen molar-refractivity contribution in [1.82, 2.24) is 0 Å². The molecule has 20 heavy (non-hydrogen) atoms. The lowest BCUT2D eigenvalue weighted by atomic mass is 9.95. The van der Waals surface area contributed by atoms with Gasteiger partial charge in [-0.3, -0.25) is 0 Å². The molecule has 0 atom stereocenters. The van der Waals surface area contributed by atoms with Gasteiger partial charge in [-0.05, 0) is 54.3 Å². The van der Waals surface area contributed by atoms with Crippen molar-refractivity contribution >= 4 is 5.97 Å². The first kappa shape index (κ1) is 14.1. The van der Waals surface area contributed by atoms with Crippen molar-refractivity contribution in [2.24, 2.45) is 0 Å². The summed E-state index contributed by atoms with van der Waals surface area (Å²) in [7, 11) is 1.60. The van der Waals surface area contributed by atoms with Crippen molar-refractivity contribution in [2.75, 3.05) is 7.11 Å². The molecule has 3 heteroatoms. The smallest absolute Gasteiger partial charge is 0.335 e. The molecule has 1 N–H and O–H groups in total. The average Bonchev–Trinajstić information content (AvgIpc) is 2.42. The molecule has 0 aliphatic heterocycles. The predicted molar refractivity (Wildman–Crippen MR) is 78.7 cm³/mol. The van der Waals surface area contributed by atoms with Crippen LogP contribution in [0.15, 0.2) is 36.4 Å². The van der Waals surface area contributed by atoms with Crippen LogP contribution in [0.1, 0.15) is 32.6 Å². The summed E-state index contributed by atoms with van der Waals surface area (Å²) in [5.41, 5.74) is 4.80. The van der Waals surface area contributed by atoms with Crippen LogP contribution in [-0.2, 0) is 6.42 Å². The Balaban J connectivity index is 2.46. The molecule has 2 rings (SSSR count). The highest BCUT2D eigenvalue weighted by atomic mass is 16.5. The van der Waals surface area contributed by atoms with Crippen LogP contribution < -0.4 is 4.74 Å². The highest BCUT2D eigenvalue weighted by molar-refractivity contribution is 5.88. The Morgan fingerprint density at radius 3 is 2.35 bits per heavy atom. The molecular formula is C17H18O3. The molecule has 0 unspecified atom stereocenters. The molecule has 0 saturated heterocycles. The zero-order chi connectivity index (χ0) is 14.7. The summed E-state index contributed by atoms with van der Waals surface area (Å²) in [6.45, 7) is 4.13. The van der Waals surface area contributed by atoms with Crippen LogP contribution in [-0.4, -0.2) is 18.2 Å². The Labute approximate surface area is 118 Å². The molecule has 0 aliphatic rings. The van der Waals surface area contributed by atoms with Crippen molar-refractivity contribution in [3.63, 3.8) is 0 Å².